The van der Waals surface area contributed by atoms with Gasteiger partial charge in [0.05, 0.1) is 23.3 Å². The number of hydrogen-bond acceptors (Lipinski definition) is 6. The molecule has 0 saturated heterocycles. The van der Waals surface area contributed by atoms with Crippen LogP contribution in [0.3, 0.4) is 0 Å². The van der Waals surface area contributed by atoms with Crippen LogP contribution in [0.5, 0.6) is 11.5 Å². The van der Waals surface area contributed by atoms with E-state index in [-0.39, 0.29) is 23.6 Å². The number of amides is 1. The minimum atomic E-state index is -0.565. The summed E-state index contributed by atoms with van der Waals surface area (Å²) in [4.78, 5) is 27.6. The van der Waals surface area contributed by atoms with Gasteiger partial charge in [-0.15, -0.1) is 0 Å². The maximum absolute atomic E-state index is 12.7. The van der Waals surface area contributed by atoms with Gasteiger partial charge in [0.1, 0.15) is 23.8 Å². The van der Waals surface area contributed by atoms with E-state index in [1.807, 2.05) is 35.0 Å². The summed E-state index contributed by atoms with van der Waals surface area (Å²) < 4.78 is 12.9. The number of carbonyl (C=O) groups excluding carboxylic acids is 1. The molecule has 0 unspecified atom stereocenters. The Balaban J connectivity index is 1.47. The quantitative estimate of drug-likeness (QED) is 0.358. The Hall–Kier alpha value is -4.40. The van der Waals surface area contributed by atoms with Gasteiger partial charge in [0, 0.05) is 36.3 Å². The van der Waals surface area contributed by atoms with E-state index in [0.717, 1.165) is 11.3 Å². The second-order valence-electron chi connectivity index (χ2n) is 6.61. The van der Waals surface area contributed by atoms with Crippen molar-refractivity contribution in [2.75, 3.05) is 12.4 Å². The fraction of sp³-hybridized carbons (Fsp3) is 0.0909. The summed E-state index contributed by atoms with van der Waals surface area (Å²) in [6, 6.07) is 16.4. The summed E-state index contributed by atoms with van der Waals surface area (Å²) in [7, 11) is 1.39. The third kappa shape index (κ3) is 4.45. The molecule has 156 valence electrons. The second kappa shape index (κ2) is 8.54. The number of ether oxygens (including phenoxy) is 2. The first kappa shape index (κ1) is 19.9. The van der Waals surface area contributed by atoms with E-state index in [1.54, 1.807) is 24.3 Å². The van der Waals surface area contributed by atoms with Crippen LogP contribution >= 0.6 is 0 Å². The van der Waals surface area contributed by atoms with Crippen molar-refractivity contribution in [2.45, 2.75) is 6.61 Å². The summed E-state index contributed by atoms with van der Waals surface area (Å²) in [6.45, 7) is 0.262. The lowest BCUT2D eigenvalue weighted by Crippen LogP contribution is -2.13. The lowest BCUT2D eigenvalue weighted by Gasteiger charge is -2.11. The second-order valence-corrected chi connectivity index (χ2v) is 6.61. The maximum atomic E-state index is 12.7. The van der Waals surface area contributed by atoms with Gasteiger partial charge in [-0.05, 0) is 30.3 Å². The topological polar surface area (TPSA) is 108 Å². The SMILES string of the molecule is COc1ccc([N+](=O)[O-])cc1C(=O)Nc1cccc(OCc2cn3ccccc3n2)c1. The molecular formula is C22H18N4O5. The summed E-state index contributed by atoms with van der Waals surface area (Å²) >= 11 is 0. The van der Waals surface area contributed by atoms with Gasteiger partial charge >= 0.3 is 0 Å². The molecule has 2 aromatic heterocycles. The number of rotatable bonds is 7. The molecule has 2 heterocycles. The fourth-order valence-corrected chi connectivity index (χ4v) is 3.06. The number of fused-ring (bicyclic) bond motifs is 1. The molecule has 0 bridgehead atoms. The molecule has 1 N–H and O–H groups in total. The molecule has 0 radical (unpaired) electrons. The first-order valence-corrected chi connectivity index (χ1v) is 9.33. The largest absolute Gasteiger partial charge is 0.496 e. The van der Waals surface area contributed by atoms with Crippen LogP contribution in [-0.2, 0) is 6.61 Å². The number of pyridine rings is 1. The Morgan fingerprint density at radius 3 is 2.81 bits per heavy atom. The Kier molecular flexibility index (Phi) is 5.48. The van der Waals surface area contributed by atoms with Crippen molar-refractivity contribution >= 4 is 22.9 Å². The highest BCUT2D eigenvalue weighted by molar-refractivity contribution is 6.06. The molecule has 2 aromatic carbocycles. The monoisotopic (exact) mass is 418 g/mol. The number of nitrogens with zero attached hydrogens (tertiary/aromatic N) is 3. The number of carbonyl (C=O) groups is 1. The smallest absolute Gasteiger partial charge is 0.270 e. The van der Waals surface area contributed by atoms with E-state index < -0.39 is 10.8 Å². The number of benzene rings is 2. The van der Waals surface area contributed by atoms with Crippen LogP contribution in [-0.4, -0.2) is 27.3 Å². The average Bonchev–Trinajstić information content (AvgIpc) is 3.20. The number of nitro benzene ring substituents is 1. The number of anilines is 1. The number of imidazole rings is 1. The zero-order valence-corrected chi connectivity index (χ0v) is 16.5. The van der Waals surface area contributed by atoms with E-state index >= 15 is 0 Å². The van der Waals surface area contributed by atoms with E-state index in [1.165, 1.54) is 25.3 Å². The summed E-state index contributed by atoms with van der Waals surface area (Å²) in [5.74, 6) is 0.251. The Morgan fingerprint density at radius 1 is 1.16 bits per heavy atom. The molecule has 0 aliphatic rings. The molecule has 0 saturated carbocycles. The number of aromatic nitrogens is 2. The molecule has 31 heavy (non-hydrogen) atoms. The van der Waals surface area contributed by atoms with Crippen LogP contribution in [0.25, 0.3) is 5.65 Å². The van der Waals surface area contributed by atoms with Gasteiger partial charge in [0.25, 0.3) is 11.6 Å². The van der Waals surface area contributed by atoms with Crippen molar-refractivity contribution in [1.82, 2.24) is 9.38 Å². The third-order valence-corrected chi connectivity index (χ3v) is 4.53. The number of nitrogens with one attached hydrogen (secondary N) is 1. The van der Waals surface area contributed by atoms with E-state index in [9.17, 15) is 14.9 Å². The molecule has 0 atom stereocenters. The summed E-state index contributed by atoms with van der Waals surface area (Å²) in [5, 5.41) is 13.8. The number of nitro groups is 1. The Morgan fingerprint density at radius 2 is 2.03 bits per heavy atom. The third-order valence-electron chi connectivity index (χ3n) is 4.53. The van der Waals surface area contributed by atoms with Gasteiger partial charge in [-0.2, -0.15) is 0 Å². The zero-order chi connectivity index (χ0) is 21.8. The number of hydrogen-bond donors (Lipinski definition) is 1. The highest BCUT2D eigenvalue weighted by Gasteiger charge is 2.18. The lowest BCUT2D eigenvalue weighted by atomic mass is 10.1. The Bertz CT molecular complexity index is 1230. The average molecular weight is 418 g/mol. The van der Waals surface area contributed by atoms with E-state index in [4.69, 9.17) is 9.47 Å². The zero-order valence-electron chi connectivity index (χ0n) is 16.5. The molecule has 4 rings (SSSR count). The molecule has 1 amide bonds. The van der Waals surface area contributed by atoms with Gasteiger partial charge in [-0.25, -0.2) is 4.98 Å². The van der Waals surface area contributed by atoms with Crippen LogP contribution < -0.4 is 14.8 Å². The molecule has 4 aromatic rings. The van der Waals surface area contributed by atoms with Crippen molar-refractivity contribution in [2.24, 2.45) is 0 Å². The molecule has 0 aliphatic carbocycles. The van der Waals surface area contributed by atoms with Gasteiger partial charge < -0.3 is 19.2 Å². The summed E-state index contributed by atoms with van der Waals surface area (Å²) in [5.41, 5.74) is 1.93. The van der Waals surface area contributed by atoms with Crippen molar-refractivity contribution in [3.05, 3.63) is 94.4 Å². The van der Waals surface area contributed by atoms with Gasteiger partial charge in [0.2, 0.25) is 0 Å². The van der Waals surface area contributed by atoms with Crippen LogP contribution in [0.15, 0.2) is 73.1 Å². The van der Waals surface area contributed by atoms with Gasteiger partial charge in [0.15, 0.2) is 0 Å². The van der Waals surface area contributed by atoms with Crippen LogP contribution in [0, 0.1) is 10.1 Å². The molecule has 0 spiro atoms. The highest BCUT2D eigenvalue weighted by atomic mass is 16.6. The van der Waals surface area contributed by atoms with E-state index in [2.05, 4.69) is 10.3 Å². The van der Waals surface area contributed by atoms with Gasteiger partial charge in [-0.1, -0.05) is 12.1 Å². The standard InChI is InChI=1S/C22H18N4O5/c1-30-20-9-8-17(26(28)29)12-19(20)22(27)24-15-5-4-6-18(11-15)31-14-16-13-25-10-3-2-7-21(25)23-16/h2-13H,14H2,1H3,(H,24,27). The van der Waals surface area contributed by atoms with Crippen molar-refractivity contribution in [3.63, 3.8) is 0 Å². The first-order chi connectivity index (χ1) is 15.0. The maximum Gasteiger partial charge on any atom is 0.270 e. The van der Waals surface area contributed by atoms with Crippen molar-refractivity contribution in [3.8, 4) is 11.5 Å². The summed E-state index contributed by atoms with van der Waals surface area (Å²) in [6.07, 6.45) is 3.79. The lowest BCUT2D eigenvalue weighted by molar-refractivity contribution is -0.384. The van der Waals surface area contributed by atoms with Crippen molar-refractivity contribution in [1.29, 1.82) is 0 Å². The normalized spacial score (nSPS) is 10.6. The fourth-order valence-electron chi connectivity index (χ4n) is 3.06. The predicted octanol–water partition coefficient (Wildman–Crippen LogP) is 4.08. The predicted molar refractivity (Wildman–Crippen MR) is 114 cm³/mol. The number of methoxy groups -OCH3 is 1. The molecular weight excluding hydrogens is 400 g/mol. The van der Waals surface area contributed by atoms with Crippen LogP contribution in [0.2, 0.25) is 0 Å². The minimum absolute atomic E-state index is 0.0627. The molecule has 0 fully saturated rings. The highest BCUT2D eigenvalue weighted by Crippen LogP contribution is 2.26. The number of non-ortho nitro benzene ring substituents is 1. The first-order valence-electron chi connectivity index (χ1n) is 9.33. The van der Waals surface area contributed by atoms with Crippen LogP contribution in [0.1, 0.15) is 16.1 Å². The van der Waals surface area contributed by atoms with Gasteiger partial charge in [-0.3, -0.25) is 14.9 Å². The van der Waals surface area contributed by atoms with Crippen LogP contribution in [0.4, 0.5) is 11.4 Å². The molecule has 9 nitrogen and oxygen atoms in total. The molecule has 9 heteroatoms. The molecule has 0 aliphatic heterocycles. The minimum Gasteiger partial charge on any atom is -0.496 e. The van der Waals surface area contributed by atoms with Crippen molar-refractivity contribution < 1.29 is 19.2 Å². The Labute approximate surface area is 177 Å². The van der Waals surface area contributed by atoms with E-state index in [0.29, 0.717) is 11.4 Å².